The number of carboxylic acid groups (broad SMARTS) is 1. The lowest BCUT2D eigenvalue weighted by Gasteiger charge is -2.34. The molecule has 1 aliphatic rings. The number of halogens is 8. The summed E-state index contributed by atoms with van der Waals surface area (Å²) in [6, 6.07) is 0. The Labute approximate surface area is 128 Å². The normalized spacial score (nSPS) is 20.7. The number of benzene rings is 1. The van der Waals surface area contributed by atoms with E-state index in [1.54, 1.807) is 0 Å². The third-order valence-electron chi connectivity index (χ3n) is 3.31. The van der Waals surface area contributed by atoms with Crippen LogP contribution < -0.4 is 4.74 Å². The van der Waals surface area contributed by atoms with Crippen LogP contribution in [-0.4, -0.2) is 23.1 Å². The van der Waals surface area contributed by atoms with Gasteiger partial charge in [-0.3, -0.25) is 0 Å². The van der Waals surface area contributed by atoms with Crippen molar-refractivity contribution in [3.63, 3.8) is 0 Å². The number of hydrogen-bond acceptors (Lipinski definition) is 2. The molecule has 24 heavy (non-hydrogen) atoms. The summed E-state index contributed by atoms with van der Waals surface area (Å²) in [5, 5.41) is 8.67. The van der Waals surface area contributed by atoms with Gasteiger partial charge in [-0.1, -0.05) is 6.92 Å². The molecule has 0 saturated heterocycles. The molecule has 0 saturated carbocycles. The fourth-order valence-electron chi connectivity index (χ4n) is 2.20. The molecular weight excluding hydrogens is 356 g/mol. The van der Waals surface area contributed by atoms with Crippen molar-refractivity contribution in [1.29, 1.82) is 0 Å². The largest absolute Gasteiger partial charge is 0.478 e. The van der Waals surface area contributed by atoms with Gasteiger partial charge in [0.25, 0.3) is 0 Å². The molecule has 0 amide bonds. The minimum atomic E-state index is -6.10. The fourth-order valence-corrected chi connectivity index (χ4v) is 2.20. The van der Waals surface area contributed by atoms with E-state index in [1.807, 2.05) is 0 Å². The van der Waals surface area contributed by atoms with Crippen molar-refractivity contribution in [3.05, 3.63) is 34.2 Å². The van der Waals surface area contributed by atoms with Crippen LogP contribution >= 0.6 is 0 Å². The molecule has 1 atom stereocenters. The number of aliphatic carboxylic acids is 1. The fraction of sp³-hybridized carbons (Fsp3) is 0.308. The zero-order chi connectivity index (χ0) is 18.6. The molecule has 1 aromatic carbocycles. The molecule has 3 nitrogen and oxygen atoms in total. The van der Waals surface area contributed by atoms with Gasteiger partial charge in [0, 0.05) is 5.56 Å². The summed E-state index contributed by atoms with van der Waals surface area (Å²) in [5.41, 5.74) is -5.41. The van der Waals surface area contributed by atoms with Crippen molar-refractivity contribution in [2.45, 2.75) is 25.4 Å². The van der Waals surface area contributed by atoms with Gasteiger partial charge in [-0.05, 0) is 6.42 Å². The highest BCUT2D eigenvalue weighted by atomic mass is 19.4. The number of alkyl halides is 4. The lowest BCUT2D eigenvalue weighted by atomic mass is 9.94. The molecule has 1 aromatic rings. The Balaban J connectivity index is 3.00. The van der Waals surface area contributed by atoms with Crippen LogP contribution in [0.15, 0.2) is 5.57 Å². The minimum absolute atomic E-state index is 0.616. The molecule has 1 aliphatic heterocycles. The molecule has 0 fully saturated rings. The molecule has 11 heteroatoms. The van der Waals surface area contributed by atoms with Crippen molar-refractivity contribution >= 4 is 11.8 Å². The average molecular weight is 362 g/mol. The monoisotopic (exact) mass is 362 g/mol. The zero-order valence-corrected chi connectivity index (χ0v) is 11.5. The molecule has 1 unspecified atom stereocenters. The van der Waals surface area contributed by atoms with Gasteiger partial charge in [0.05, 0.1) is 5.56 Å². The first-order valence-electron chi connectivity index (χ1n) is 6.16. The molecule has 132 valence electrons. The number of fused-ring (bicyclic) bond motifs is 1. The maximum atomic E-state index is 14.2. The first-order chi connectivity index (χ1) is 10.9. The zero-order valence-electron chi connectivity index (χ0n) is 11.5. The summed E-state index contributed by atoms with van der Waals surface area (Å²) in [6.45, 7) is 1.07. The number of hydrogen-bond donors (Lipinski definition) is 1. The van der Waals surface area contributed by atoms with Crippen LogP contribution in [0.3, 0.4) is 0 Å². The van der Waals surface area contributed by atoms with E-state index in [-0.39, 0.29) is 0 Å². The van der Waals surface area contributed by atoms with Crippen LogP contribution in [0.2, 0.25) is 0 Å². The summed E-state index contributed by atoms with van der Waals surface area (Å²) in [5.74, 6) is -18.7. The second-order valence-corrected chi connectivity index (χ2v) is 4.67. The average Bonchev–Trinajstić information content (AvgIpc) is 2.43. The van der Waals surface area contributed by atoms with E-state index in [0.717, 1.165) is 6.92 Å². The van der Waals surface area contributed by atoms with E-state index in [4.69, 9.17) is 5.11 Å². The van der Waals surface area contributed by atoms with Crippen molar-refractivity contribution in [2.75, 3.05) is 0 Å². The maximum absolute atomic E-state index is 14.2. The Bertz CT molecular complexity index is 768. The predicted octanol–water partition coefficient (Wildman–Crippen LogP) is 4.05. The van der Waals surface area contributed by atoms with Crippen LogP contribution in [0.4, 0.5) is 35.1 Å². The molecule has 0 radical (unpaired) electrons. The topological polar surface area (TPSA) is 46.5 Å². The highest BCUT2D eigenvalue weighted by molar-refractivity contribution is 5.98. The van der Waals surface area contributed by atoms with Gasteiger partial charge in [0.15, 0.2) is 28.9 Å². The van der Waals surface area contributed by atoms with Crippen LogP contribution in [0.5, 0.6) is 5.75 Å². The van der Waals surface area contributed by atoms with Gasteiger partial charge in [0.1, 0.15) is 5.75 Å². The summed E-state index contributed by atoms with van der Waals surface area (Å²) < 4.78 is 112. The molecule has 2 rings (SSSR count). The lowest BCUT2D eigenvalue weighted by Crippen LogP contribution is -2.52. The minimum Gasteiger partial charge on any atom is -0.478 e. The van der Waals surface area contributed by atoms with Crippen molar-refractivity contribution < 1.29 is 49.8 Å². The quantitative estimate of drug-likeness (QED) is 0.638. The van der Waals surface area contributed by atoms with Crippen molar-refractivity contribution in [1.82, 2.24) is 0 Å². The first kappa shape index (κ1) is 18.0. The highest BCUT2D eigenvalue weighted by Gasteiger charge is 2.67. The highest BCUT2D eigenvalue weighted by Crippen LogP contribution is 2.52. The molecule has 0 aliphatic carbocycles. The van der Waals surface area contributed by atoms with Gasteiger partial charge in [-0.25, -0.2) is 22.4 Å². The van der Waals surface area contributed by atoms with Gasteiger partial charge in [-0.15, -0.1) is 0 Å². The molecule has 1 N–H and O–H groups in total. The van der Waals surface area contributed by atoms with Crippen molar-refractivity contribution in [2.24, 2.45) is 0 Å². The molecule has 0 bridgehead atoms. The molecule has 1 heterocycles. The molecule has 0 aromatic heterocycles. The second-order valence-electron chi connectivity index (χ2n) is 4.67. The van der Waals surface area contributed by atoms with Crippen LogP contribution in [0.25, 0.3) is 5.83 Å². The first-order valence-corrected chi connectivity index (χ1v) is 6.16. The Kier molecular flexibility index (Phi) is 4.01. The smallest absolute Gasteiger partial charge is 0.465 e. The third kappa shape index (κ3) is 2.21. The maximum Gasteiger partial charge on any atom is 0.465 e. The number of rotatable bonds is 2. The number of ether oxygens (including phenoxy) is 1. The third-order valence-corrected chi connectivity index (χ3v) is 3.31. The van der Waals surface area contributed by atoms with Gasteiger partial charge < -0.3 is 9.84 Å². The van der Waals surface area contributed by atoms with Crippen molar-refractivity contribution in [3.8, 4) is 5.75 Å². The van der Waals surface area contributed by atoms with Crippen LogP contribution in [-0.2, 0) is 11.2 Å². The summed E-state index contributed by atoms with van der Waals surface area (Å²) in [7, 11) is 0. The number of carbonyl (C=O) groups is 1. The van der Waals surface area contributed by atoms with Gasteiger partial charge in [-0.2, -0.15) is 17.6 Å². The van der Waals surface area contributed by atoms with E-state index < -0.39 is 70.1 Å². The van der Waals surface area contributed by atoms with E-state index >= 15 is 0 Å². The van der Waals surface area contributed by atoms with Gasteiger partial charge >= 0.3 is 18.0 Å². The summed E-state index contributed by atoms with van der Waals surface area (Å²) in [4.78, 5) is 10.8. The Morgan fingerprint density at radius 3 is 2.08 bits per heavy atom. The Morgan fingerprint density at radius 2 is 1.67 bits per heavy atom. The van der Waals surface area contributed by atoms with Crippen LogP contribution in [0, 0.1) is 17.5 Å². The second kappa shape index (κ2) is 5.35. The predicted molar refractivity (Wildman–Crippen MR) is 61.9 cm³/mol. The summed E-state index contributed by atoms with van der Waals surface area (Å²) in [6.07, 6.45) is -6.71. The lowest BCUT2D eigenvalue weighted by molar-refractivity contribution is -0.285. The van der Waals surface area contributed by atoms with E-state index in [1.165, 1.54) is 0 Å². The molecule has 0 spiro atoms. The van der Waals surface area contributed by atoms with Crippen LogP contribution in [0.1, 0.15) is 18.1 Å². The van der Waals surface area contributed by atoms with Gasteiger partial charge in [0.2, 0.25) is 0 Å². The number of carboxylic acids is 1. The molecular formula is C13H6F8O3. The standard InChI is InChI=1S/C13H6F8O3/c1-2-3-6(14)9(17)8(16)4-7(15)5(11(22)23)12(18,13(19,20)21)24-10(3)4/h2H2,1H3,(H,22,23). The van der Waals surface area contributed by atoms with E-state index in [2.05, 4.69) is 4.74 Å². The Morgan fingerprint density at radius 1 is 1.12 bits per heavy atom. The summed E-state index contributed by atoms with van der Waals surface area (Å²) >= 11 is 0. The Hall–Kier alpha value is -2.33. The van der Waals surface area contributed by atoms with E-state index in [9.17, 15) is 39.9 Å². The SMILES string of the molecule is CCc1c(F)c(F)c(F)c2c1OC(F)(C(F)(F)F)C(C(=O)O)=C2F. The van der Waals surface area contributed by atoms with E-state index in [0.29, 0.717) is 0 Å².